The van der Waals surface area contributed by atoms with Gasteiger partial charge in [0.2, 0.25) is 5.91 Å². The lowest BCUT2D eigenvalue weighted by Gasteiger charge is -2.31. The Morgan fingerprint density at radius 1 is 1.32 bits per heavy atom. The molecule has 1 aromatic carbocycles. The van der Waals surface area contributed by atoms with Crippen LogP contribution in [0, 0.1) is 11.8 Å². The Balaban J connectivity index is 0.00000242. The average molecular weight is 390 g/mol. The van der Waals surface area contributed by atoms with E-state index in [0.29, 0.717) is 11.8 Å². The minimum absolute atomic E-state index is 0. The van der Waals surface area contributed by atoms with Gasteiger partial charge in [-0.3, -0.25) is 4.79 Å². The molecule has 1 aliphatic rings. The SMILES string of the molecule is CC(C)CC(Cc1cccc(Br)c1)C(=O)N1CCNCC1.Cl. The molecule has 0 bridgehead atoms. The Kier molecular flexibility index (Phi) is 8.44. The molecule has 1 aromatic rings. The number of nitrogens with one attached hydrogen (secondary N) is 1. The van der Waals surface area contributed by atoms with Crippen molar-refractivity contribution >= 4 is 34.2 Å². The van der Waals surface area contributed by atoms with E-state index in [2.05, 4.69) is 47.2 Å². The summed E-state index contributed by atoms with van der Waals surface area (Å²) in [4.78, 5) is 14.8. The van der Waals surface area contributed by atoms with Crippen molar-refractivity contribution in [2.45, 2.75) is 26.7 Å². The minimum atomic E-state index is 0. The molecule has 1 unspecified atom stereocenters. The Labute approximate surface area is 148 Å². The van der Waals surface area contributed by atoms with Gasteiger partial charge in [0, 0.05) is 36.6 Å². The number of piperazine rings is 1. The average Bonchev–Trinajstić information content (AvgIpc) is 2.46. The molecule has 1 aliphatic heterocycles. The lowest BCUT2D eigenvalue weighted by Crippen LogP contribution is -2.48. The summed E-state index contributed by atoms with van der Waals surface area (Å²) in [5.74, 6) is 0.955. The molecule has 124 valence electrons. The Hall–Kier alpha value is -0.580. The highest BCUT2D eigenvalue weighted by atomic mass is 79.9. The summed E-state index contributed by atoms with van der Waals surface area (Å²) >= 11 is 3.51. The van der Waals surface area contributed by atoms with Crippen molar-refractivity contribution in [3.63, 3.8) is 0 Å². The zero-order valence-corrected chi connectivity index (χ0v) is 15.8. The fourth-order valence-corrected chi connectivity index (χ4v) is 3.38. The van der Waals surface area contributed by atoms with Gasteiger partial charge in [0.15, 0.2) is 0 Å². The van der Waals surface area contributed by atoms with Crippen molar-refractivity contribution in [2.75, 3.05) is 26.2 Å². The first-order valence-corrected chi connectivity index (χ1v) is 8.59. The molecule has 1 atom stereocenters. The molecule has 1 N–H and O–H groups in total. The van der Waals surface area contributed by atoms with Crippen LogP contribution in [-0.4, -0.2) is 37.0 Å². The first kappa shape index (κ1) is 19.5. The van der Waals surface area contributed by atoms with E-state index in [0.717, 1.165) is 43.5 Å². The maximum atomic E-state index is 12.8. The van der Waals surface area contributed by atoms with Crippen LogP contribution in [0.2, 0.25) is 0 Å². The fourth-order valence-electron chi connectivity index (χ4n) is 2.93. The maximum absolute atomic E-state index is 12.8. The van der Waals surface area contributed by atoms with Gasteiger partial charge in [-0.1, -0.05) is 41.9 Å². The minimum Gasteiger partial charge on any atom is -0.340 e. The second kappa shape index (κ2) is 9.53. The molecule has 5 heteroatoms. The largest absolute Gasteiger partial charge is 0.340 e. The number of halogens is 2. The van der Waals surface area contributed by atoms with Gasteiger partial charge in [-0.25, -0.2) is 0 Å². The van der Waals surface area contributed by atoms with Crippen LogP contribution in [0.3, 0.4) is 0 Å². The molecule has 1 amide bonds. The first-order valence-electron chi connectivity index (χ1n) is 7.80. The van der Waals surface area contributed by atoms with Gasteiger partial charge in [0.05, 0.1) is 0 Å². The summed E-state index contributed by atoms with van der Waals surface area (Å²) in [5.41, 5.74) is 1.23. The maximum Gasteiger partial charge on any atom is 0.226 e. The first-order chi connectivity index (χ1) is 10.1. The number of carbonyl (C=O) groups is 1. The van der Waals surface area contributed by atoms with Gasteiger partial charge in [0.25, 0.3) is 0 Å². The molecule has 0 spiro atoms. The topological polar surface area (TPSA) is 32.3 Å². The number of benzene rings is 1. The van der Waals surface area contributed by atoms with Crippen LogP contribution < -0.4 is 5.32 Å². The Morgan fingerprint density at radius 2 is 2.00 bits per heavy atom. The van der Waals surface area contributed by atoms with Crippen molar-refractivity contribution < 1.29 is 4.79 Å². The summed E-state index contributed by atoms with van der Waals surface area (Å²) in [6, 6.07) is 8.31. The molecule has 3 nitrogen and oxygen atoms in total. The summed E-state index contributed by atoms with van der Waals surface area (Å²) in [7, 11) is 0. The highest BCUT2D eigenvalue weighted by molar-refractivity contribution is 9.10. The van der Waals surface area contributed by atoms with E-state index < -0.39 is 0 Å². The van der Waals surface area contributed by atoms with E-state index in [1.807, 2.05) is 17.0 Å². The lowest BCUT2D eigenvalue weighted by atomic mass is 9.89. The third kappa shape index (κ3) is 5.90. The van der Waals surface area contributed by atoms with Gasteiger partial charge < -0.3 is 10.2 Å². The van der Waals surface area contributed by atoms with E-state index in [-0.39, 0.29) is 18.3 Å². The summed E-state index contributed by atoms with van der Waals surface area (Å²) in [6.07, 6.45) is 1.79. The molecule has 0 aliphatic carbocycles. The molecule has 1 heterocycles. The van der Waals surface area contributed by atoms with Crippen LogP contribution in [-0.2, 0) is 11.2 Å². The summed E-state index contributed by atoms with van der Waals surface area (Å²) in [5, 5.41) is 3.31. The highest BCUT2D eigenvalue weighted by Gasteiger charge is 2.26. The van der Waals surface area contributed by atoms with Gasteiger partial charge in [-0.05, 0) is 36.5 Å². The smallest absolute Gasteiger partial charge is 0.226 e. The van der Waals surface area contributed by atoms with Crippen molar-refractivity contribution in [3.8, 4) is 0 Å². The third-order valence-corrected chi connectivity index (χ3v) is 4.40. The number of hydrogen-bond acceptors (Lipinski definition) is 2. The van der Waals surface area contributed by atoms with Crippen LogP contribution in [0.5, 0.6) is 0 Å². The normalized spacial score (nSPS) is 16.3. The Bertz CT molecular complexity index is 475. The van der Waals surface area contributed by atoms with E-state index in [1.54, 1.807) is 0 Å². The summed E-state index contributed by atoms with van der Waals surface area (Å²) < 4.78 is 1.08. The van der Waals surface area contributed by atoms with Crippen molar-refractivity contribution in [1.29, 1.82) is 0 Å². The molecular formula is C17H26BrClN2O. The number of rotatable bonds is 5. The molecular weight excluding hydrogens is 364 g/mol. The standard InChI is InChI=1S/C17H25BrN2O.ClH/c1-13(2)10-15(11-14-4-3-5-16(18)12-14)17(21)20-8-6-19-7-9-20;/h3-5,12-13,15,19H,6-11H2,1-2H3;1H. The van der Waals surface area contributed by atoms with Gasteiger partial charge >= 0.3 is 0 Å². The molecule has 1 saturated heterocycles. The fraction of sp³-hybridized carbons (Fsp3) is 0.588. The highest BCUT2D eigenvalue weighted by Crippen LogP contribution is 2.22. The second-order valence-electron chi connectivity index (χ2n) is 6.24. The monoisotopic (exact) mass is 388 g/mol. The van der Waals surface area contributed by atoms with Crippen LogP contribution in [0.1, 0.15) is 25.8 Å². The molecule has 2 rings (SSSR count). The quantitative estimate of drug-likeness (QED) is 0.836. The predicted molar refractivity (Wildman–Crippen MR) is 97.5 cm³/mol. The van der Waals surface area contributed by atoms with Crippen LogP contribution >= 0.6 is 28.3 Å². The second-order valence-corrected chi connectivity index (χ2v) is 7.15. The van der Waals surface area contributed by atoms with E-state index in [4.69, 9.17) is 0 Å². The van der Waals surface area contributed by atoms with Gasteiger partial charge in [0.1, 0.15) is 0 Å². The predicted octanol–water partition coefficient (Wildman–Crippen LogP) is 3.51. The molecule has 22 heavy (non-hydrogen) atoms. The number of hydrogen-bond donors (Lipinski definition) is 1. The molecule has 1 fully saturated rings. The lowest BCUT2D eigenvalue weighted by molar-refractivity contribution is -0.136. The number of carbonyl (C=O) groups excluding carboxylic acids is 1. The third-order valence-electron chi connectivity index (χ3n) is 3.90. The van der Waals surface area contributed by atoms with Crippen molar-refractivity contribution in [3.05, 3.63) is 34.3 Å². The van der Waals surface area contributed by atoms with Gasteiger partial charge in [-0.2, -0.15) is 0 Å². The molecule has 0 radical (unpaired) electrons. The Morgan fingerprint density at radius 3 is 2.59 bits per heavy atom. The van der Waals surface area contributed by atoms with E-state index >= 15 is 0 Å². The molecule has 0 saturated carbocycles. The van der Waals surface area contributed by atoms with Crippen LogP contribution in [0.25, 0.3) is 0 Å². The molecule has 0 aromatic heterocycles. The number of nitrogens with zero attached hydrogens (tertiary/aromatic N) is 1. The van der Waals surface area contributed by atoms with Gasteiger partial charge in [-0.15, -0.1) is 12.4 Å². The van der Waals surface area contributed by atoms with Crippen molar-refractivity contribution in [1.82, 2.24) is 10.2 Å². The zero-order chi connectivity index (χ0) is 15.2. The van der Waals surface area contributed by atoms with Crippen molar-refractivity contribution in [2.24, 2.45) is 11.8 Å². The summed E-state index contributed by atoms with van der Waals surface area (Å²) in [6.45, 7) is 7.89. The zero-order valence-electron chi connectivity index (χ0n) is 13.3. The van der Waals surface area contributed by atoms with E-state index in [1.165, 1.54) is 5.56 Å². The number of amides is 1. The van der Waals surface area contributed by atoms with E-state index in [9.17, 15) is 4.79 Å². The van der Waals surface area contributed by atoms with Crippen LogP contribution in [0.15, 0.2) is 28.7 Å². The van der Waals surface area contributed by atoms with Crippen LogP contribution in [0.4, 0.5) is 0 Å².